The Labute approximate surface area is 114 Å². The molecule has 19 heavy (non-hydrogen) atoms. The second-order valence-electron chi connectivity index (χ2n) is 5.64. The molecule has 3 rings (SSSR count). The van der Waals surface area contributed by atoms with Gasteiger partial charge in [0.25, 0.3) is 0 Å². The van der Waals surface area contributed by atoms with Crippen molar-refractivity contribution in [2.45, 2.75) is 32.7 Å². The van der Waals surface area contributed by atoms with Gasteiger partial charge in [0.2, 0.25) is 0 Å². The van der Waals surface area contributed by atoms with E-state index in [0.717, 1.165) is 25.3 Å². The highest BCUT2D eigenvalue weighted by atomic mass is 16.5. The van der Waals surface area contributed by atoms with Crippen molar-refractivity contribution in [1.82, 2.24) is 4.57 Å². The summed E-state index contributed by atoms with van der Waals surface area (Å²) in [7, 11) is 0. The molecule has 1 aromatic carbocycles. The number of nitrogens with two attached hydrogens (primary N) is 1. The Bertz CT molecular complexity index is 569. The molecule has 1 heterocycles. The molecule has 0 amide bonds. The van der Waals surface area contributed by atoms with Gasteiger partial charge in [-0.3, -0.25) is 0 Å². The molecule has 2 aromatic rings. The van der Waals surface area contributed by atoms with Crippen LogP contribution < -0.4 is 10.5 Å². The molecule has 1 saturated carbocycles. The molecular formula is C16H22N2O. The SMILES string of the molecule is CCOc1ccc2c(ccn2CC2(CCN)CC2)c1. The number of nitrogens with zero attached hydrogens (tertiary/aromatic N) is 1. The van der Waals surface area contributed by atoms with Crippen LogP contribution in [0.5, 0.6) is 5.75 Å². The second kappa shape index (κ2) is 4.89. The number of hydrogen-bond acceptors (Lipinski definition) is 2. The minimum absolute atomic E-state index is 0.472. The Kier molecular flexibility index (Phi) is 3.23. The molecule has 1 fully saturated rings. The van der Waals surface area contributed by atoms with E-state index >= 15 is 0 Å². The lowest BCUT2D eigenvalue weighted by Gasteiger charge is -2.16. The highest BCUT2D eigenvalue weighted by molar-refractivity contribution is 5.81. The van der Waals surface area contributed by atoms with Crippen LogP contribution in [0.4, 0.5) is 0 Å². The smallest absolute Gasteiger partial charge is 0.120 e. The van der Waals surface area contributed by atoms with E-state index in [0.29, 0.717) is 12.0 Å². The Hall–Kier alpha value is -1.48. The fourth-order valence-corrected chi connectivity index (χ4v) is 2.90. The molecule has 0 atom stereocenters. The fraction of sp³-hybridized carbons (Fsp3) is 0.500. The molecule has 1 aromatic heterocycles. The first-order valence-corrected chi connectivity index (χ1v) is 7.18. The predicted molar refractivity (Wildman–Crippen MR) is 78.4 cm³/mol. The van der Waals surface area contributed by atoms with Gasteiger partial charge in [0, 0.05) is 23.6 Å². The third-order valence-electron chi connectivity index (χ3n) is 4.19. The van der Waals surface area contributed by atoms with Crippen molar-refractivity contribution in [3.8, 4) is 5.75 Å². The zero-order valence-electron chi connectivity index (χ0n) is 11.6. The van der Waals surface area contributed by atoms with E-state index in [-0.39, 0.29) is 0 Å². The number of rotatable bonds is 6. The van der Waals surface area contributed by atoms with Crippen molar-refractivity contribution < 1.29 is 4.74 Å². The van der Waals surface area contributed by atoms with Crippen molar-refractivity contribution >= 4 is 10.9 Å². The molecule has 0 spiro atoms. The maximum Gasteiger partial charge on any atom is 0.120 e. The minimum Gasteiger partial charge on any atom is -0.494 e. The van der Waals surface area contributed by atoms with Gasteiger partial charge in [-0.05, 0) is 62.4 Å². The first kappa shape index (κ1) is 12.5. The van der Waals surface area contributed by atoms with Crippen LogP contribution in [-0.4, -0.2) is 17.7 Å². The standard InChI is InChI=1S/C16H22N2O/c1-2-19-14-3-4-15-13(11-14)5-10-18(15)12-16(6-7-16)8-9-17/h3-5,10-11H,2,6-9,12,17H2,1H3. The molecule has 0 unspecified atom stereocenters. The lowest BCUT2D eigenvalue weighted by Crippen LogP contribution is -2.15. The lowest BCUT2D eigenvalue weighted by molar-refractivity contribution is 0.340. The summed E-state index contributed by atoms with van der Waals surface area (Å²) in [6.45, 7) is 4.63. The number of aromatic nitrogens is 1. The molecular weight excluding hydrogens is 236 g/mol. The minimum atomic E-state index is 0.472. The topological polar surface area (TPSA) is 40.2 Å². The van der Waals surface area contributed by atoms with Crippen LogP contribution in [0.15, 0.2) is 30.5 Å². The van der Waals surface area contributed by atoms with Gasteiger partial charge in [0.05, 0.1) is 6.61 Å². The van der Waals surface area contributed by atoms with Crippen LogP contribution in [0.25, 0.3) is 10.9 Å². The molecule has 3 nitrogen and oxygen atoms in total. The summed E-state index contributed by atoms with van der Waals surface area (Å²) in [5.41, 5.74) is 7.49. The van der Waals surface area contributed by atoms with Crippen molar-refractivity contribution in [1.29, 1.82) is 0 Å². The van der Waals surface area contributed by atoms with Crippen LogP contribution in [0, 0.1) is 5.41 Å². The zero-order valence-corrected chi connectivity index (χ0v) is 11.6. The Balaban J connectivity index is 1.85. The third-order valence-corrected chi connectivity index (χ3v) is 4.19. The van der Waals surface area contributed by atoms with Gasteiger partial charge in [-0.1, -0.05) is 0 Å². The van der Waals surface area contributed by atoms with Gasteiger partial charge in [0.15, 0.2) is 0 Å². The van der Waals surface area contributed by atoms with E-state index in [9.17, 15) is 0 Å². The van der Waals surface area contributed by atoms with E-state index in [1.165, 1.54) is 23.7 Å². The van der Waals surface area contributed by atoms with Crippen LogP contribution >= 0.6 is 0 Å². The Morgan fingerprint density at radius 1 is 1.32 bits per heavy atom. The molecule has 3 heteroatoms. The third kappa shape index (κ3) is 2.47. The summed E-state index contributed by atoms with van der Waals surface area (Å²) in [6, 6.07) is 8.53. The van der Waals surface area contributed by atoms with Crippen LogP contribution in [-0.2, 0) is 6.54 Å². The number of hydrogen-bond donors (Lipinski definition) is 1. The summed E-state index contributed by atoms with van der Waals surface area (Å²) >= 11 is 0. The maximum absolute atomic E-state index is 5.72. The number of benzene rings is 1. The number of ether oxygens (including phenoxy) is 1. The van der Waals surface area contributed by atoms with Gasteiger partial charge in [-0.2, -0.15) is 0 Å². The van der Waals surface area contributed by atoms with Crippen molar-refractivity contribution in [3.63, 3.8) is 0 Å². The summed E-state index contributed by atoms with van der Waals surface area (Å²) in [6.07, 6.45) is 5.97. The molecule has 102 valence electrons. The molecule has 0 saturated heterocycles. The average molecular weight is 258 g/mol. The summed E-state index contributed by atoms with van der Waals surface area (Å²) in [5, 5.41) is 1.26. The van der Waals surface area contributed by atoms with Crippen LogP contribution in [0.2, 0.25) is 0 Å². The van der Waals surface area contributed by atoms with E-state index in [1.54, 1.807) is 0 Å². The number of fused-ring (bicyclic) bond motifs is 1. The van der Waals surface area contributed by atoms with Crippen molar-refractivity contribution in [2.75, 3.05) is 13.2 Å². The molecule has 0 bridgehead atoms. The predicted octanol–water partition coefficient (Wildman–Crippen LogP) is 3.17. The van der Waals surface area contributed by atoms with Gasteiger partial charge >= 0.3 is 0 Å². The highest BCUT2D eigenvalue weighted by Gasteiger charge is 2.41. The van der Waals surface area contributed by atoms with Gasteiger partial charge in [-0.15, -0.1) is 0 Å². The second-order valence-corrected chi connectivity index (χ2v) is 5.64. The molecule has 1 aliphatic rings. The maximum atomic E-state index is 5.72. The van der Waals surface area contributed by atoms with Crippen molar-refractivity contribution in [2.24, 2.45) is 11.1 Å². The van der Waals surface area contributed by atoms with E-state index < -0.39 is 0 Å². The molecule has 0 radical (unpaired) electrons. The largest absolute Gasteiger partial charge is 0.494 e. The quantitative estimate of drug-likeness (QED) is 0.864. The average Bonchev–Trinajstić information content (AvgIpc) is 3.04. The first-order chi connectivity index (χ1) is 9.26. The Morgan fingerprint density at radius 2 is 2.16 bits per heavy atom. The zero-order chi connectivity index (χ0) is 13.3. The molecule has 2 N–H and O–H groups in total. The molecule has 1 aliphatic carbocycles. The highest BCUT2D eigenvalue weighted by Crippen LogP contribution is 2.50. The van der Waals surface area contributed by atoms with Gasteiger partial charge in [-0.25, -0.2) is 0 Å². The van der Waals surface area contributed by atoms with E-state index in [4.69, 9.17) is 10.5 Å². The van der Waals surface area contributed by atoms with E-state index in [1.807, 2.05) is 6.92 Å². The fourth-order valence-electron chi connectivity index (χ4n) is 2.90. The van der Waals surface area contributed by atoms with Gasteiger partial charge in [0.1, 0.15) is 5.75 Å². The normalized spacial score (nSPS) is 16.7. The van der Waals surface area contributed by atoms with E-state index in [2.05, 4.69) is 35.0 Å². The first-order valence-electron chi connectivity index (χ1n) is 7.18. The van der Waals surface area contributed by atoms with Crippen LogP contribution in [0.1, 0.15) is 26.2 Å². The Morgan fingerprint density at radius 3 is 2.84 bits per heavy atom. The summed E-state index contributed by atoms with van der Waals surface area (Å²) < 4.78 is 7.92. The summed E-state index contributed by atoms with van der Waals surface area (Å²) in [4.78, 5) is 0. The molecule has 0 aliphatic heterocycles. The van der Waals surface area contributed by atoms with Crippen LogP contribution in [0.3, 0.4) is 0 Å². The summed E-state index contributed by atoms with van der Waals surface area (Å²) in [5.74, 6) is 0.954. The monoisotopic (exact) mass is 258 g/mol. The van der Waals surface area contributed by atoms with Crippen molar-refractivity contribution in [3.05, 3.63) is 30.5 Å². The lowest BCUT2D eigenvalue weighted by atomic mass is 10.0. The van der Waals surface area contributed by atoms with Gasteiger partial charge < -0.3 is 15.0 Å².